The summed E-state index contributed by atoms with van der Waals surface area (Å²) < 4.78 is 52.9. The summed E-state index contributed by atoms with van der Waals surface area (Å²) in [5.74, 6) is -0.454. The molecule has 0 radical (unpaired) electrons. The summed E-state index contributed by atoms with van der Waals surface area (Å²) in [7, 11) is -7.28. The molecule has 0 bridgehead atoms. The maximum Gasteiger partial charge on any atom is 0.243 e. The first-order valence-corrected chi connectivity index (χ1v) is 12.8. The lowest BCUT2D eigenvalue weighted by molar-refractivity contribution is -0.114. The van der Waals surface area contributed by atoms with Crippen LogP contribution < -0.4 is 5.32 Å². The highest BCUT2D eigenvalue weighted by Gasteiger charge is 2.36. The van der Waals surface area contributed by atoms with E-state index in [0.717, 1.165) is 4.88 Å². The van der Waals surface area contributed by atoms with Gasteiger partial charge in [0.25, 0.3) is 0 Å². The number of nitrogens with zero attached hydrogens (tertiary/aromatic N) is 1. The number of rotatable bonds is 4. The number of anilines is 1. The maximum absolute atomic E-state index is 13.1. The number of sulfonamides is 1. The van der Waals surface area contributed by atoms with Crippen molar-refractivity contribution in [2.24, 2.45) is 0 Å². The fraction of sp³-hybridized carbons (Fsp3) is 0.389. The van der Waals surface area contributed by atoms with Crippen molar-refractivity contribution in [3.63, 3.8) is 0 Å². The average molecular weight is 443 g/mol. The van der Waals surface area contributed by atoms with E-state index < -0.39 is 25.1 Å². The van der Waals surface area contributed by atoms with Crippen LogP contribution in [0, 0.1) is 6.92 Å². The number of carbonyl (C=O) groups is 1. The summed E-state index contributed by atoms with van der Waals surface area (Å²) in [6, 6.07) is 8.16. The number of hydrogen-bond acceptors (Lipinski definition) is 6. The Labute approximate surface area is 169 Å². The molecule has 1 N–H and O–H groups in total. The SMILES string of the molecule is CC(=O)Nc1ccc(S(=O)(=O)N2CCC(c3cccs3)S(=O)(=O)CC2)c(C)c1. The number of nitrogens with one attached hydrogen (secondary N) is 1. The average Bonchev–Trinajstić information content (AvgIpc) is 3.05. The maximum atomic E-state index is 13.1. The fourth-order valence-corrected chi connectivity index (χ4v) is 8.10. The molecule has 1 atom stereocenters. The first-order valence-electron chi connectivity index (χ1n) is 8.74. The van der Waals surface area contributed by atoms with Crippen LogP contribution in [0.15, 0.2) is 40.6 Å². The molecule has 28 heavy (non-hydrogen) atoms. The first-order chi connectivity index (χ1) is 13.1. The molecule has 10 heteroatoms. The van der Waals surface area contributed by atoms with Crippen molar-refractivity contribution in [3.8, 4) is 0 Å². The van der Waals surface area contributed by atoms with E-state index in [1.807, 2.05) is 5.38 Å². The molecule has 1 fully saturated rings. The third-order valence-electron chi connectivity index (χ3n) is 4.67. The van der Waals surface area contributed by atoms with Gasteiger partial charge in [0.2, 0.25) is 15.9 Å². The number of hydrogen-bond donors (Lipinski definition) is 1. The number of carbonyl (C=O) groups excluding carboxylic acids is 1. The van der Waals surface area contributed by atoms with Gasteiger partial charge in [-0.15, -0.1) is 11.3 Å². The van der Waals surface area contributed by atoms with Gasteiger partial charge in [0, 0.05) is 30.6 Å². The zero-order valence-corrected chi connectivity index (χ0v) is 18.0. The van der Waals surface area contributed by atoms with Gasteiger partial charge in [0.15, 0.2) is 9.84 Å². The normalized spacial score (nSPS) is 20.4. The van der Waals surface area contributed by atoms with Crippen molar-refractivity contribution in [2.45, 2.75) is 30.4 Å². The molecule has 2 aromatic rings. The number of aryl methyl sites for hydroxylation is 1. The largest absolute Gasteiger partial charge is 0.326 e. The van der Waals surface area contributed by atoms with Crippen LogP contribution in [-0.2, 0) is 24.7 Å². The number of thiophene rings is 1. The van der Waals surface area contributed by atoms with Crippen LogP contribution in [0.1, 0.15) is 29.0 Å². The third-order valence-corrected chi connectivity index (χ3v) is 9.98. The van der Waals surface area contributed by atoms with Crippen LogP contribution in [0.2, 0.25) is 0 Å². The van der Waals surface area contributed by atoms with Crippen molar-refractivity contribution in [3.05, 3.63) is 46.2 Å². The van der Waals surface area contributed by atoms with Crippen LogP contribution in [0.4, 0.5) is 5.69 Å². The highest BCUT2D eigenvalue weighted by molar-refractivity contribution is 7.92. The topological polar surface area (TPSA) is 101 Å². The van der Waals surface area contributed by atoms with Crippen LogP contribution in [0.3, 0.4) is 0 Å². The van der Waals surface area contributed by atoms with E-state index in [1.165, 1.54) is 34.7 Å². The Bertz CT molecular complexity index is 1080. The molecule has 1 unspecified atom stereocenters. The minimum Gasteiger partial charge on any atom is -0.326 e. The molecule has 0 saturated carbocycles. The zero-order valence-electron chi connectivity index (χ0n) is 15.6. The third kappa shape index (κ3) is 4.29. The monoisotopic (exact) mass is 442 g/mol. The Hall–Kier alpha value is -1.75. The smallest absolute Gasteiger partial charge is 0.243 e. The molecular weight excluding hydrogens is 420 g/mol. The first kappa shape index (κ1) is 21.0. The van der Waals surface area contributed by atoms with Gasteiger partial charge in [-0.3, -0.25) is 4.79 Å². The number of benzene rings is 1. The molecule has 1 aromatic carbocycles. The van der Waals surface area contributed by atoms with E-state index in [0.29, 0.717) is 11.3 Å². The summed E-state index contributed by atoms with van der Waals surface area (Å²) in [5.41, 5.74) is 1.01. The van der Waals surface area contributed by atoms with Crippen molar-refractivity contribution in [2.75, 3.05) is 24.2 Å². The Morgan fingerprint density at radius 2 is 2.00 bits per heavy atom. The van der Waals surface area contributed by atoms with Gasteiger partial charge in [-0.25, -0.2) is 16.8 Å². The summed E-state index contributed by atoms with van der Waals surface area (Å²) in [5, 5.41) is 3.77. The van der Waals surface area contributed by atoms with Crippen LogP contribution in [-0.4, -0.2) is 45.9 Å². The van der Waals surface area contributed by atoms with Gasteiger partial charge >= 0.3 is 0 Å². The molecule has 1 amide bonds. The summed E-state index contributed by atoms with van der Waals surface area (Å²) in [4.78, 5) is 12.1. The van der Waals surface area contributed by atoms with Crippen LogP contribution >= 0.6 is 11.3 Å². The van der Waals surface area contributed by atoms with Gasteiger partial charge in [-0.2, -0.15) is 4.31 Å². The summed E-state index contributed by atoms with van der Waals surface area (Å²) >= 11 is 1.37. The molecule has 1 saturated heterocycles. The molecule has 1 aromatic heterocycles. The van der Waals surface area contributed by atoms with E-state index >= 15 is 0 Å². The minimum absolute atomic E-state index is 0.0700. The van der Waals surface area contributed by atoms with Gasteiger partial charge in [0.05, 0.1) is 15.9 Å². The highest BCUT2D eigenvalue weighted by atomic mass is 32.2. The van der Waals surface area contributed by atoms with E-state index in [1.54, 1.807) is 25.1 Å². The van der Waals surface area contributed by atoms with Crippen LogP contribution in [0.25, 0.3) is 0 Å². The quantitative estimate of drug-likeness (QED) is 0.784. The standard InChI is InChI=1S/C18H22N2O5S3/c1-13-12-15(19-14(2)21)5-6-17(13)28(24,25)20-8-7-18(16-4-3-10-26-16)27(22,23)11-9-20/h3-6,10,12,18H,7-9,11H2,1-2H3,(H,19,21). The van der Waals surface area contributed by atoms with Gasteiger partial charge < -0.3 is 5.32 Å². The Balaban J connectivity index is 1.88. The zero-order chi connectivity index (χ0) is 20.5. The second kappa shape index (κ2) is 7.94. The molecule has 2 heterocycles. The van der Waals surface area contributed by atoms with Crippen molar-refractivity contribution in [1.82, 2.24) is 4.31 Å². The van der Waals surface area contributed by atoms with E-state index in [-0.39, 0.29) is 36.1 Å². The van der Waals surface area contributed by atoms with Gasteiger partial charge in [-0.05, 0) is 48.6 Å². The molecule has 1 aliphatic rings. The molecule has 1 aliphatic heterocycles. The van der Waals surface area contributed by atoms with Crippen LogP contribution in [0.5, 0.6) is 0 Å². The molecular formula is C18H22N2O5S3. The second-order valence-electron chi connectivity index (χ2n) is 6.73. The highest BCUT2D eigenvalue weighted by Crippen LogP contribution is 2.34. The van der Waals surface area contributed by atoms with Gasteiger partial charge in [0.1, 0.15) is 0 Å². The lowest BCUT2D eigenvalue weighted by Gasteiger charge is -2.21. The Morgan fingerprint density at radius 3 is 2.61 bits per heavy atom. The lowest BCUT2D eigenvalue weighted by Crippen LogP contribution is -2.34. The molecule has 0 aliphatic carbocycles. The van der Waals surface area contributed by atoms with Crippen molar-refractivity contribution >= 4 is 42.8 Å². The van der Waals surface area contributed by atoms with E-state index in [4.69, 9.17) is 0 Å². The van der Waals surface area contributed by atoms with Gasteiger partial charge in [-0.1, -0.05) is 6.07 Å². The lowest BCUT2D eigenvalue weighted by atomic mass is 10.2. The fourth-order valence-electron chi connectivity index (χ4n) is 3.32. The Morgan fingerprint density at radius 1 is 1.25 bits per heavy atom. The van der Waals surface area contributed by atoms with E-state index in [2.05, 4.69) is 5.32 Å². The number of amides is 1. The minimum atomic E-state index is -3.84. The van der Waals surface area contributed by atoms with Crippen molar-refractivity contribution in [1.29, 1.82) is 0 Å². The molecule has 152 valence electrons. The predicted molar refractivity (Wildman–Crippen MR) is 110 cm³/mol. The number of sulfone groups is 1. The predicted octanol–water partition coefficient (Wildman–Crippen LogP) is 2.57. The molecule has 3 rings (SSSR count). The molecule has 7 nitrogen and oxygen atoms in total. The van der Waals surface area contributed by atoms with E-state index in [9.17, 15) is 21.6 Å². The molecule has 0 spiro atoms. The van der Waals surface area contributed by atoms with Crippen molar-refractivity contribution < 1.29 is 21.6 Å². The Kier molecular flexibility index (Phi) is 5.95. The summed E-state index contributed by atoms with van der Waals surface area (Å²) in [6.45, 7) is 3.10. The summed E-state index contributed by atoms with van der Waals surface area (Å²) in [6.07, 6.45) is 0.227. The second-order valence-corrected chi connectivity index (χ2v) is 11.9.